The highest BCUT2D eigenvalue weighted by atomic mass is 16.5. The number of barbiturate groups is 1. The second-order valence-electron chi connectivity index (χ2n) is 9.43. The van der Waals surface area contributed by atoms with Crippen LogP contribution in [0, 0.1) is 0 Å². The number of nitrogens with one attached hydrogen (secondary N) is 1. The van der Waals surface area contributed by atoms with E-state index in [1.54, 1.807) is 25.3 Å². The maximum Gasteiger partial charge on any atom is 0.335 e. The summed E-state index contributed by atoms with van der Waals surface area (Å²) in [5, 5.41) is 11.7. The third kappa shape index (κ3) is 6.59. The summed E-state index contributed by atoms with van der Waals surface area (Å²) in [6.07, 6.45) is 1.36. The Morgan fingerprint density at radius 2 is 1.35 bits per heavy atom. The molecule has 1 heterocycles. The van der Waals surface area contributed by atoms with Crippen molar-refractivity contribution in [2.24, 2.45) is 0 Å². The molecule has 0 saturated carbocycles. The van der Waals surface area contributed by atoms with Gasteiger partial charge in [0.15, 0.2) is 23.0 Å². The molecule has 4 aromatic rings. The number of phenols is 1. The van der Waals surface area contributed by atoms with E-state index in [1.165, 1.54) is 37.5 Å². The summed E-state index contributed by atoms with van der Waals surface area (Å²) in [5.74, 6) is 0.336. The summed E-state index contributed by atoms with van der Waals surface area (Å²) in [6.45, 7) is 0.613. The lowest BCUT2D eigenvalue weighted by Crippen LogP contribution is -2.54. The van der Waals surface area contributed by atoms with Gasteiger partial charge in [-0.1, -0.05) is 42.5 Å². The average molecular weight is 581 g/mol. The van der Waals surface area contributed by atoms with Gasteiger partial charge >= 0.3 is 6.03 Å². The number of phenolic OH excluding ortho intramolecular Hbond substituents is 1. The number of urea groups is 1. The third-order valence-corrected chi connectivity index (χ3v) is 6.57. The monoisotopic (exact) mass is 580 g/mol. The summed E-state index contributed by atoms with van der Waals surface area (Å²) in [6, 6.07) is 24.9. The van der Waals surface area contributed by atoms with Crippen LogP contribution >= 0.6 is 0 Å². The molecule has 1 saturated heterocycles. The van der Waals surface area contributed by atoms with Crippen molar-refractivity contribution in [3.8, 4) is 28.7 Å². The zero-order valence-corrected chi connectivity index (χ0v) is 23.4. The number of imide groups is 2. The summed E-state index contributed by atoms with van der Waals surface area (Å²) in [4.78, 5) is 38.9. The number of amides is 4. The Bertz CT molecular complexity index is 1680. The van der Waals surface area contributed by atoms with Crippen molar-refractivity contribution in [2.75, 3.05) is 19.1 Å². The van der Waals surface area contributed by atoms with E-state index < -0.39 is 17.8 Å². The Kier molecular flexibility index (Phi) is 8.57. The first-order chi connectivity index (χ1) is 20.9. The number of nitrogens with zero attached hydrogens (tertiary/aromatic N) is 1. The summed E-state index contributed by atoms with van der Waals surface area (Å²) >= 11 is 0. The number of benzene rings is 4. The normalized spacial score (nSPS) is 14.0. The van der Waals surface area contributed by atoms with Crippen LogP contribution in [0.15, 0.2) is 96.6 Å². The molecule has 1 aliphatic rings. The number of anilines is 1. The van der Waals surface area contributed by atoms with Gasteiger partial charge < -0.3 is 24.1 Å². The van der Waals surface area contributed by atoms with Crippen LogP contribution < -0.4 is 29.2 Å². The average Bonchev–Trinajstić information content (AvgIpc) is 3.02. The van der Waals surface area contributed by atoms with Gasteiger partial charge in [-0.3, -0.25) is 14.9 Å². The van der Waals surface area contributed by atoms with Crippen molar-refractivity contribution in [1.29, 1.82) is 0 Å². The molecule has 5 rings (SSSR count). The van der Waals surface area contributed by atoms with E-state index in [0.29, 0.717) is 35.2 Å². The summed E-state index contributed by atoms with van der Waals surface area (Å²) in [5.41, 5.74) is 2.31. The van der Waals surface area contributed by atoms with Gasteiger partial charge in [-0.2, -0.15) is 0 Å². The zero-order valence-electron chi connectivity index (χ0n) is 23.4. The van der Waals surface area contributed by atoms with E-state index in [-0.39, 0.29) is 23.6 Å². The molecule has 4 aromatic carbocycles. The Morgan fingerprint density at radius 3 is 2.02 bits per heavy atom. The van der Waals surface area contributed by atoms with Gasteiger partial charge in [0.25, 0.3) is 11.8 Å². The Morgan fingerprint density at radius 1 is 0.721 bits per heavy atom. The molecule has 1 aliphatic heterocycles. The number of aromatic hydroxyl groups is 1. The fraction of sp³-hybridized carbons (Fsp3) is 0.121. The van der Waals surface area contributed by atoms with Crippen molar-refractivity contribution in [1.82, 2.24) is 5.32 Å². The molecule has 0 unspecified atom stereocenters. The second kappa shape index (κ2) is 12.8. The van der Waals surface area contributed by atoms with E-state index >= 15 is 0 Å². The highest BCUT2D eigenvalue weighted by Gasteiger charge is 2.36. The molecule has 10 heteroatoms. The van der Waals surface area contributed by atoms with Crippen LogP contribution in [0.3, 0.4) is 0 Å². The van der Waals surface area contributed by atoms with Crippen molar-refractivity contribution in [3.05, 3.63) is 113 Å². The number of hydrogen-bond donors (Lipinski definition) is 2. The molecule has 0 bridgehead atoms. The predicted octanol–water partition coefficient (Wildman–Crippen LogP) is 5.23. The molecule has 218 valence electrons. The molecule has 0 aromatic heterocycles. The molecule has 4 amide bonds. The SMILES string of the molecule is COc1cc(/C=C2/C(=O)NC(=O)N(c3ccc(O)cc3)C2=O)ccc1OCc1ccc(OCc2ccccc2)c(OC)c1. The first kappa shape index (κ1) is 28.7. The van der Waals surface area contributed by atoms with Crippen LogP contribution in [0.25, 0.3) is 6.08 Å². The third-order valence-electron chi connectivity index (χ3n) is 6.57. The first-order valence-corrected chi connectivity index (χ1v) is 13.2. The van der Waals surface area contributed by atoms with Crippen molar-refractivity contribution < 1.29 is 38.4 Å². The number of methoxy groups -OCH3 is 2. The van der Waals surface area contributed by atoms with Crippen LogP contribution in [-0.2, 0) is 22.8 Å². The minimum atomic E-state index is -0.883. The summed E-state index contributed by atoms with van der Waals surface area (Å²) < 4.78 is 23.0. The molecular weight excluding hydrogens is 552 g/mol. The van der Waals surface area contributed by atoms with Gasteiger partial charge in [0.2, 0.25) is 0 Å². The lowest BCUT2D eigenvalue weighted by atomic mass is 10.1. The van der Waals surface area contributed by atoms with Crippen LogP contribution in [0.2, 0.25) is 0 Å². The fourth-order valence-corrected chi connectivity index (χ4v) is 4.37. The predicted molar refractivity (Wildman–Crippen MR) is 158 cm³/mol. The highest BCUT2D eigenvalue weighted by Crippen LogP contribution is 2.33. The first-order valence-electron chi connectivity index (χ1n) is 13.2. The lowest BCUT2D eigenvalue weighted by molar-refractivity contribution is -0.122. The maximum absolute atomic E-state index is 13.1. The summed E-state index contributed by atoms with van der Waals surface area (Å²) in [7, 11) is 3.05. The number of carbonyl (C=O) groups is 3. The van der Waals surface area contributed by atoms with Crippen LogP contribution in [0.1, 0.15) is 16.7 Å². The highest BCUT2D eigenvalue weighted by molar-refractivity contribution is 6.39. The Balaban J connectivity index is 1.30. The Labute approximate surface area is 247 Å². The standard InChI is InChI=1S/C33H28N2O8/c1-40-29-17-22(16-26-31(37)34-33(39)35(32(26)38)24-10-12-25(36)13-11-24)8-14-27(29)43-20-23-9-15-28(30(18-23)41-2)42-19-21-6-4-3-5-7-21/h3-18,36H,19-20H2,1-2H3,(H,34,37,39)/b26-16-. The largest absolute Gasteiger partial charge is 0.508 e. The molecule has 2 N–H and O–H groups in total. The van der Waals surface area contributed by atoms with Crippen LogP contribution in [-0.4, -0.2) is 37.2 Å². The molecule has 0 aliphatic carbocycles. The number of carbonyl (C=O) groups excluding carboxylic acids is 3. The van der Waals surface area contributed by atoms with Gasteiger partial charge in [-0.25, -0.2) is 9.69 Å². The quantitative estimate of drug-likeness (QED) is 0.193. The van der Waals surface area contributed by atoms with Crippen molar-refractivity contribution in [3.63, 3.8) is 0 Å². The molecular formula is C33H28N2O8. The van der Waals surface area contributed by atoms with Crippen LogP contribution in [0.4, 0.5) is 10.5 Å². The molecule has 1 fully saturated rings. The topological polar surface area (TPSA) is 124 Å². The van der Waals surface area contributed by atoms with Gasteiger partial charge in [0.05, 0.1) is 19.9 Å². The maximum atomic E-state index is 13.1. The van der Waals surface area contributed by atoms with E-state index in [9.17, 15) is 19.5 Å². The van der Waals surface area contributed by atoms with Gasteiger partial charge in [0, 0.05) is 0 Å². The smallest absolute Gasteiger partial charge is 0.335 e. The van der Waals surface area contributed by atoms with Gasteiger partial charge in [0.1, 0.15) is 24.5 Å². The second-order valence-corrected chi connectivity index (χ2v) is 9.43. The van der Waals surface area contributed by atoms with E-state index in [0.717, 1.165) is 16.0 Å². The van der Waals surface area contributed by atoms with E-state index in [1.807, 2.05) is 48.5 Å². The van der Waals surface area contributed by atoms with Gasteiger partial charge in [-0.15, -0.1) is 0 Å². The van der Waals surface area contributed by atoms with Crippen LogP contribution in [0.5, 0.6) is 28.7 Å². The lowest BCUT2D eigenvalue weighted by Gasteiger charge is -2.26. The minimum absolute atomic E-state index is 0.0288. The number of rotatable bonds is 10. The molecule has 0 atom stereocenters. The van der Waals surface area contributed by atoms with Gasteiger partial charge in [-0.05, 0) is 71.3 Å². The van der Waals surface area contributed by atoms with E-state index in [4.69, 9.17) is 18.9 Å². The van der Waals surface area contributed by atoms with E-state index in [2.05, 4.69) is 5.32 Å². The number of hydrogen-bond acceptors (Lipinski definition) is 8. The molecule has 0 spiro atoms. The van der Waals surface area contributed by atoms with Crippen molar-refractivity contribution >= 4 is 29.6 Å². The van der Waals surface area contributed by atoms with Crippen molar-refractivity contribution in [2.45, 2.75) is 13.2 Å². The zero-order chi connectivity index (χ0) is 30.3. The molecule has 43 heavy (non-hydrogen) atoms. The Hall–Kier alpha value is -5.77. The molecule has 10 nitrogen and oxygen atoms in total. The fourth-order valence-electron chi connectivity index (χ4n) is 4.37. The minimum Gasteiger partial charge on any atom is -0.508 e. The number of ether oxygens (including phenoxy) is 4. The molecule has 0 radical (unpaired) electrons.